The first-order valence-corrected chi connectivity index (χ1v) is 11.0. The normalized spacial score (nSPS) is 30.3. The third-order valence-electron chi connectivity index (χ3n) is 8.42. The molecule has 1 spiro atoms. The largest absolute Gasteiger partial charge is 0.346 e. The number of likely N-dealkylation sites (N-methyl/N-ethyl adjacent to an activating group) is 1. The molecule has 29 heavy (non-hydrogen) atoms. The van der Waals surface area contributed by atoms with Gasteiger partial charge in [-0.2, -0.15) is 0 Å². The maximum Gasteiger partial charge on any atom is 0.243 e. The lowest BCUT2D eigenvalue weighted by Gasteiger charge is -2.55. The van der Waals surface area contributed by atoms with Gasteiger partial charge < -0.3 is 14.8 Å². The minimum atomic E-state index is -0.304. The second kappa shape index (κ2) is 6.06. The molecule has 2 aliphatic carbocycles. The summed E-state index contributed by atoms with van der Waals surface area (Å²) in [6, 6.07) is -0.0577. The first-order chi connectivity index (χ1) is 13.7. The Bertz CT molecular complexity index is 847. The first-order valence-electron chi connectivity index (χ1n) is 11.0. The number of nitrogens with zero attached hydrogens (tertiary/aromatic N) is 4. The highest BCUT2D eigenvalue weighted by molar-refractivity contribution is 5.88. The smallest absolute Gasteiger partial charge is 0.243 e. The van der Waals surface area contributed by atoms with Crippen molar-refractivity contribution in [1.82, 2.24) is 24.7 Å². The van der Waals surface area contributed by atoms with E-state index in [1.807, 2.05) is 31.4 Å². The second-order valence-electron chi connectivity index (χ2n) is 10.7. The highest BCUT2D eigenvalue weighted by Crippen LogP contribution is 2.49. The van der Waals surface area contributed by atoms with Crippen molar-refractivity contribution in [2.45, 2.75) is 69.5 Å². The van der Waals surface area contributed by atoms with Crippen LogP contribution in [-0.2, 0) is 15.1 Å². The fourth-order valence-electron chi connectivity index (χ4n) is 6.03. The van der Waals surface area contributed by atoms with E-state index in [0.717, 1.165) is 44.3 Å². The lowest BCUT2D eigenvalue weighted by Crippen LogP contribution is -2.70. The summed E-state index contributed by atoms with van der Waals surface area (Å²) >= 11 is 0. The van der Waals surface area contributed by atoms with E-state index in [4.69, 9.17) is 0 Å². The van der Waals surface area contributed by atoms with Gasteiger partial charge >= 0.3 is 0 Å². The van der Waals surface area contributed by atoms with Crippen molar-refractivity contribution in [2.75, 3.05) is 27.2 Å². The van der Waals surface area contributed by atoms with E-state index in [1.165, 1.54) is 0 Å². The Kier molecular flexibility index (Phi) is 3.99. The zero-order chi connectivity index (χ0) is 20.6. The third kappa shape index (κ3) is 2.55. The van der Waals surface area contributed by atoms with Crippen molar-refractivity contribution in [3.63, 3.8) is 0 Å². The van der Waals surface area contributed by atoms with Crippen LogP contribution in [0.1, 0.15) is 64.2 Å². The molecule has 2 saturated carbocycles. The summed E-state index contributed by atoms with van der Waals surface area (Å²) < 4.78 is 2.22. The van der Waals surface area contributed by atoms with E-state index in [1.54, 1.807) is 0 Å². The van der Waals surface area contributed by atoms with Gasteiger partial charge in [0.25, 0.3) is 0 Å². The maximum absolute atomic E-state index is 13.2. The molecule has 0 bridgehead atoms. The Labute approximate surface area is 172 Å². The van der Waals surface area contributed by atoms with Crippen molar-refractivity contribution in [2.24, 2.45) is 11.3 Å². The number of amides is 2. The van der Waals surface area contributed by atoms with Crippen LogP contribution in [0.2, 0.25) is 0 Å². The van der Waals surface area contributed by atoms with Crippen molar-refractivity contribution >= 4 is 11.8 Å². The van der Waals surface area contributed by atoms with E-state index < -0.39 is 0 Å². The Morgan fingerprint density at radius 3 is 2.45 bits per heavy atom. The van der Waals surface area contributed by atoms with Gasteiger partial charge in [-0.25, -0.2) is 4.98 Å². The predicted octanol–water partition coefficient (Wildman–Crippen LogP) is 1.90. The van der Waals surface area contributed by atoms with Crippen LogP contribution in [0.3, 0.4) is 0 Å². The zero-order valence-electron chi connectivity index (χ0n) is 18.1. The van der Waals surface area contributed by atoms with E-state index in [-0.39, 0.29) is 40.3 Å². The minimum absolute atomic E-state index is 0.0577. The standard InChI is InChI=1S/C22H33N5O2/c1-20(2)9-6-15(20)18(28)24-16-12-21(27-11-10-23-17(16)27)13-26(14-21)19(29)22(25(3)4)7-5-8-22/h10-11,15-16H,5-9,12-14H2,1-4H3,(H,24,28). The molecule has 4 aliphatic rings. The van der Waals surface area contributed by atoms with Crippen molar-refractivity contribution in [3.05, 3.63) is 18.2 Å². The molecule has 2 amide bonds. The Morgan fingerprint density at radius 1 is 1.21 bits per heavy atom. The number of likely N-dealkylation sites (tertiary alicyclic amines) is 1. The molecule has 1 saturated heterocycles. The van der Waals surface area contributed by atoms with Gasteiger partial charge in [0.15, 0.2) is 0 Å². The molecule has 2 aliphatic heterocycles. The Morgan fingerprint density at radius 2 is 1.93 bits per heavy atom. The summed E-state index contributed by atoms with van der Waals surface area (Å²) in [6.07, 6.45) is 9.78. The Balaban J connectivity index is 1.29. The molecule has 0 aromatic carbocycles. The van der Waals surface area contributed by atoms with Crippen LogP contribution in [0.5, 0.6) is 0 Å². The summed E-state index contributed by atoms with van der Waals surface area (Å²) in [6.45, 7) is 5.78. The molecule has 7 nitrogen and oxygen atoms in total. The minimum Gasteiger partial charge on any atom is -0.346 e. The summed E-state index contributed by atoms with van der Waals surface area (Å²) in [7, 11) is 4.04. The number of carbonyl (C=O) groups is 2. The average molecular weight is 400 g/mol. The lowest BCUT2D eigenvalue weighted by molar-refractivity contribution is -0.160. The number of rotatable bonds is 4. The molecule has 3 heterocycles. The molecule has 3 fully saturated rings. The molecule has 0 radical (unpaired) electrons. The quantitative estimate of drug-likeness (QED) is 0.840. The number of nitrogens with one attached hydrogen (secondary N) is 1. The molecule has 1 aromatic rings. The van der Waals surface area contributed by atoms with Crippen LogP contribution < -0.4 is 5.32 Å². The highest BCUT2D eigenvalue weighted by Gasteiger charge is 2.58. The number of hydrogen-bond donors (Lipinski definition) is 1. The predicted molar refractivity (Wildman–Crippen MR) is 109 cm³/mol. The van der Waals surface area contributed by atoms with Crippen LogP contribution in [0, 0.1) is 11.3 Å². The molecular formula is C22H33N5O2. The summed E-state index contributed by atoms with van der Waals surface area (Å²) in [4.78, 5) is 34.7. The molecule has 2 atom stereocenters. The monoisotopic (exact) mass is 399 g/mol. The van der Waals surface area contributed by atoms with Gasteiger partial charge in [-0.15, -0.1) is 0 Å². The van der Waals surface area contributed by atoms with Crippen LogP contribution in [0.15, 0.2) is 12.4 Å². The van der Waals surface area contributed by atoms with E-state index in [0.29, 0.717) is 13.1 Å². The second-order valence-corrected chi connectivity index (χ2v) is 10.7. The summed E-state index contributed by atoms with van der Waals surface area (Å²) in [5.41, 5.74) is -0.327. The van der Waals surface area contributed by atoms with Crippen molar-refractivity contribution < 1.29 is 9.59 Å². The van der Waals surface area contributed by atoms with Crippen LogP contribution in [0.4, 0.5) is 0 Å². The highest BCUT2D eigenvalue weighted by atomic mass is 16.2. The van der Waals surface area contributed by atoms with Gasteiger partial charge in [0, 0.05) is 37.8 Å². The van der Waals surface area contributed by atoms with Crippen LogP contribution in [-0.4, -0.2) is 63.9 Å². The number of carbonyl (C=O) groups excluding carboxylic acids is 2. The van der Waals surface area contributed by atoms with Gasteiger partial charge in [-0.3, -0.25) is 14.5 Å². The summed E-state index contributed by atoms with van der Waals surface area (Å²) in [5, 5.41) is 3.28. The molecule has 1 N–H and O–H groups in total. The van der Waals surface area contributed by atoms with Crippen molar-refractivity contribution in [3.8, 4) is 0 Å². The molecule has 5 rings (SSSR count). The van der Waals surface area contributed by atoms with Gasteiger partial charge in [0.05, 0.1) is 11.6 Å². The number of fused-ring (bicyclic) bond motifs is 2. The van der Waals surface area contributed by atoms with Crippen molar-refractivity contribution in [1.29, 1.82) is 0 Å². The fourth-order valence-corrected chi connectivity index (χ4v) is 6.03. The first kappa shape index (κ1) is 19.1. The Hall–Kier alpha value is -1.89. The van der Waals surface area contributed by atoms with Gasteiger partial charge in [-0.1, -0.05) is 13.8 Å². The van der Waals surface area contributed by atoms with Gasteiger partial charge in [0.1, 0.15) is 11.4 Å². The lowest BCUT2D eigenvalue weighted by atomic mass is 9.62. The third-order valence-corrected chi connectivity index (χ3v) is 8.42. The fraction of sp³-hybridized carbons (Fsp3) is 0.773. The zero-order valence-corrected chi connectivity index (χ0v) is 18.1. The number of hydrogen-bond acceptors (Lipinski definition) is 4. The molecule has 7 heteroatoms. The number of aromatic nitrogens is 2. The summed E-state index contributed by atoms with van der Waals surface area (Å²) in [5.74, 6) is 1.46. The van der Waals surface area contributed by atoms with Gasteiger partial charge in [-0.05, 0) is 51.6 Å². The van der Waals surface area contributed by atoms with E-state index >= 15 is 0 Å². The topological polar surface area (TPSA) is 70.5 Å². The number of imidazole rings is 1. The average Bonchev–Trinajstić information content (AvgIpc) is 3.13. The van der Waals surface area contributed by atoms with Crippen LogP contribution in [0.25, 0.3) is 0 Å². The van der Waals surface area contributed by atoms with Crippen LogP contribution >= 0.6 is 0 Å². The molecule has 2 unspecified atom stereocenters. The molecule has 158 valence electrons. The van der Waals surface area contributed by atoms with Gasteiger partial charge in [0.2, 0.25) is 11.8 Å². The SMILES string of the molecule is CN(C)C1(C(=O)N2CC3(CC(NC(=O)C4CCC4(C)C)c4nccn43)C2)CCC1. The van der Waals surface area contributed by atoms with E-state index in [9.17, 15) is 9.59 Å². The molecular weight excluding hydrogens is 366 g/mol. The molecule has 1 aromatic heterocycles. The maximum atomic E-state index is 13.2. The van der Waals surface area contributed by atoms with E-state index in [2.05, 4.69) is 33.6 Å².